The highest BCUT2D eigenvalue weighted by molar-refractivity contribution is 5.93. The molecule has 0 radical (unpaired) electrons. The van der Waals surface area contributed by atoms with E-state index >= 15 is 0 Å². The van der Waals surface area contributed by atoms with Crippen LogP contribution >= 0.6 is 0 Å². The van der Waals surface area contributed by atoms with E-state index in [1.165, 1.54) is 38.4 Å². The number of hydrogen-bond acceptors (Lipinski definition) is 14. The van der Waals surface area contributed by atoms with Crippen LogP contribution in [0.2, 0.25) is 0 Å². The SMILES string of the molecule is CCOC(=O)N(CCCCc1nccc(NC(N)=NCC(F)(F)F)n1)OC(=O)/C=C\C(=O)ON(CCCCc1nccc(NC(N)=NCC(F)(F)F)n1)C(=O)OCC.O. The van der Waals surface area contributed by atoms with E-state index in [1.807, 2.05) is 0 Å². The Balaban J connectivity index is 0.0000174. The van der Waals surface area contributed by atoms with Gasteiger partial charge >= 0.3 is 36.5 Å². The van der Waals surface area contributed by atoms with E-state index in [0.717, 1.165) is 0 Å². The molecule has 0 saturated heterocycles. The van der Waals surface area contributed by atoms with Crippen molar-refractivity contribution < 1.29 is 70.1 Å². The molecule has 0 bridgehead atoms. The van der Waals surface area contributed by atoms with Gasteiger partial charge < -0.3 is 46.7 Å². The largest absolute Gasteiger partial charge is 0.448 e. The number of guanidine groups is 2. The van der Waals surface area contributed by atoms with Crippen molar-refractivity contribution in [1.82, 2.24) is 30.1 Å². The minimum atomic E-state index is -4.54. The second kappa shape index (κ2) is 25.7. The van der Waals surface area contributed by atoms with Crippen molar-refractivity contribution in [2.75, 3.05) is 50.0 Å². The lowest BCUT2D eigenvalue weighted by atomic mass is 10.2. The Morgan fingerprint density at radius 2 is 1.07 bits per heavy atom. The van der Waals surface area contributed by atoms with Gasteiger partial charge in [0.25, 0.3) is 0 Å². The van der Waals surface area contributed by atoms with Gasteiger partial charge in [-0.05, 0) is 51.7 Å². The normalized spacial score (nSPS) is 11.9. The van der Waals surface area contributed by atoms with Crippen LogP contribution in [0.15, 0.2) is 46.7 Å². The highest BCUT2D eigenvalue weighted by Gasteiger charge is 2.27. The van der Waals surface area contributed by atoms with Crippen molar-refractivity contribution in [2.24, 2.45) is 21.5 Å². The molecule has 0 atom stereocenters. The maximum atomic E-state index is 12.5. The van der Waals surface area contributed by atoms with E-state index in [1.54, 1.807) is 0 Å². The van der Waals surface area contributed by atoms with Crippen molar-refractivity contribution in [1.29, 1.82) is 0 Å². The van der Waals surface area contributed by atoms with Gasteiger partial charge in [0.15, 0.2) is 11.9 Å². The zero-order valence-corrected chi connectivity index (χ0v) is 31.7. The molecule has 0 aliphatic rings. The lowest BCUT2D eigenvalue weighted by Crippen LogP contribution is -2.35. The first-order chi connectivity index (χ1) is 27.4. The second-order valence-corrected chi connectivity index (χ2v) is 11.3. The summed E-state index contributed by atoms with van der Waals surface area (Å²) in [5.41, 5.74) is 10.9. The van der Waals surface area contributed by atoms with Crippen LogP contribution in [-0.2, 0) is 41.6 Å². The maximum Gasteiger partial charge on any atom is 0.443 e. The predicted octanol–water partition coefficient (Wildman–Crippen LogP) is 2.75. The third-order valence-corrected chi connectivity index (χ3v) is 6.50. The number of nitrogens with one attached hydrogen (secondary N) is 2. The molecule has 2 aromatic rings. The van der Waals surface area contributed by atoms with Gasteiger partial charge in [0.1, 0.15) is 36.4 Å². The van der Waals surface area contributed by atoms with Crippen LogP contribution in [-0.4, -0.2) is 123 Å². The van der Waals surface area contributed by atoms with E-state index in [2.05, 4.69) is 40.6 Å². The predicted molar refractivity (Wildman–Crippen MR) is 195 cm³/mol. The monoisotopic (exact) mass is 854 g/mol. The molecule has 27 heteroatoms. The van der Waals surface area contributed by atoms with Gasteiger partial charge in [-0.2, -0.15) is 26.3 Å². The molecule has 328 valence electrons. The van der Waals surface area contributed by atoms with Crippen LogP contribution in [0.25, 0.3) is 0 Å². The van der Waals surface area contributed by atoms with Crippen molar-refractivity contribution in [2.45, 2.75) is 64.7 Å². The zero-order chi connectivity index (χ0) is 43.1. The number of hydrogen-bond donors (Lipinski definition) is 4. The maximum absolute atomic E-state index is 12.5. The molecular weight excluding hydrogens is 810 g/mol. The molecule has 0 fully saturated rings. The number of nitrogens with two attached hydrogens (primary N) is 2. The standard InChI is InChI=1S/C32H42F6N12O8.H2O/c1-3-55-29(53)49(17-7-5-9-21-41-15-13-23(45-21)47-27(39)43-19-31(33,34)35)57-25(51)11-12-26(52)58-50(30(54)56-4-2)18-8-6-10-22-42-16-14-24(46-22)48-28(40)44-20-32(36,37)38;/h11-16H,3-10,17-20H2,1-2H3,(H3,39,41,43,45,47)(H3,40,42,44,46,48);1H2/b12-11-;. The topological polar surface area (TPSA) is 296 Å². The Hall–Kier alpha value is -6.54. The fourth-order valence-corrected chi connectivity index (χ4v) is 4.10. The molecule has 0 saturated carbocycles. The van der Waals surface area contributed by atoms with Crippen LogP contribution in [0.4, 0.5) is 47.6 Å². The number of carbonyl (C=O) groups is 4. The zero-order valence-electron chi connectivity index (χ0n) is 31.7. The molecule has 2 aromatic heterocycles. The summed E-state index contributed by atoms with van der Waals surface area (Å²) < 4.78 is 84.1. The van der Waals surface area contributed by atoms with Crippen molar-refractivity contribution >= 4 is 47.7 Å². The highest BCUT2D eigenvalue weighted by atomic mass is 19.4. The molecule has 59 heavy (non-hydrogen) atoms. The van der Waals surface area contributed by atoms with Gasteiger partial charge in [-0.25, -0.2) is 49.1 Å². The third kappa shape index (κ3) is 22.7. The van der Waals surface area contributed by atoms with E-state index in [9.17, 15) is 45.5 Å². The number of alkyl halides is 6. The second-order valence-electron chi connectivity index (χ2n) is 11.3. The number of hydroxylamine groups is 4. The minimum absolute atomic E-state index is 0. The van der Waals surface area contributed by atoms with Gasteiger partial charge in [0.05, 0.1) is 26.3 Å². The van der Waals surface area contributed by atoms with Crippen molar-refractivity contribution in [3.8, 4) is 0 Å². The molecule has 0 unspecified atom stereocenters. The average molecular weight is 855 g/mol. The van der Waals surface area contributed by atoms with Gasteiger partial charge in [0.2, 0.25) is 0 Å². The number of carbonyl (C=O) groups excluding carboxylic acids is 4. The Morgan fingerprint density at radius 1 is 0.695 bits per heavy atom. The minimum Gasteiger partial charge on any atom is -0.448 e. The molecule has 2 rings (SSSR count). The first-order valence-electron chi connectivity index (χ1n) is 17.3. The van der Waals surface area contributed by atoms with Crippen LogP contribution in [0.5, 0.6) is 0 Å². The number of anilines is 2. The first kappa shape index (κ1) is 50.5. The summed E-state index contributed by atoms with van der Waals surface area (Å²) in [6, 6.07) is 2.73. The van der Waals surface area contributed by atoms with Crippen LogP contribution < -0.4 is 22.1 Å². The van der Waals surface area contributed by atoms with E-state index in [0.29, 0.717) is 35.1 Å². The van der Waals surface area contributed by atoms with Crippen molar-refractivity contribution in [3.05, 3.63) is 48.3 Å². The summed E-state index contributed by atoms with van der Waals surface area (Å²) >= 11 is 0. The number of amides is 2. The van der Waals surface area contributed by atoms with E-state index < -0.39 is 61.5 Å². The van der Waals surface area contributed by atoms with E-state index in [-0.39, 0.29) is 80.7 Å². The van der Waals surface area contributed by atoms with Gasteiger partial charge in [-0.15, -0.1) is 10.1 Å². The molecule has 0 aliphatic carbocycles. The number of aliphatic imine (C=N–C) groups is 2. The summed E-state index contributed by atoms with van der Waals surface area (Å²) in [4.78, 5) is 82.8. The van der Waals surface area contributed by atoms with Crippen LogP contribution in [0, 0.1) is 0 Å². The summed E-state index contributed by atoms with van der Waals surface area (Å²) in [5, 5.41) is 6.11. The quantitative estimate of drug-likeness (QED) is 0.0419. The number of ether oxygens (including phenoxy) is 2. The number of halogens is 6. The Morgan fingerprint density at radius 3 is 1.41 bits per heavy atom. The number of unbranched alkanes of at least 4 members (excludes halogenated alkanes) is 2. The highest BCUT2D eigenvalue weighted by Crippen LogP contribution is 2.16. The van der Waals surface area contributed by atoms with Gasteiger partial charge in [-0.1, -0.05) is 0 Å². The fourth-order valence-electron chi connectivity index (χ4n) is 4.10. The fraction of sp³-hybridized carbons (Fsp3) is 0.500. The van der Waals surface area contributed by atoms with Gasteiger partial charge in [-0.3, -0.25) is 0 Å². The lowest BCUT2D eigenvalue weighted by molar-refractivity contribution is -0.178. The molecule has 2 heterocycles. The third-order valence-electron chi connectivity index (χ3n) is 6.50. The Kier molecular flexibility index (Phi) is 22.0. The van der Waals surface area contributed by atoms with Crippen molar-refractivity contribution in [3.63, 3.8) is 0 Å². The Labute approximate surface area is 332 Å². The lowest BCUT2D eigenvalue weighted by Gasteiger charge is -2.20. The smallest absolute Gasteiger partial charge is 0.443 e. The summed E-state index contributed by atoms with van der Waals surface area (Å²) in [5.74, 6) is -2.59. The Bertz CT molecular complexity index is 1630. The molecule has 21 nitrogen and oxygen atoms in total. The average Bonchev–Trinajstić information content (AvgIpc) is 3.14. The summed E-state index contributed by atoms with van der Waals surface area (Å²) in [6.07, 6.45) is -5.48. The molecule has 2 amide bonds. The van der Waals surface area contributed by atoms with Crippen LogP contribution in [0.3, 0.4) is 0 Å². The van der Waals surface area contributed by atoms with E-state index in [4.69, 9.17) is 30.6 Å². The number of rotatable bonds is 18. The van der Waals surface area contributed by atoms with Gasteiger partial charge in [0, 0.05) is 37.4 Å². The number of aryl methyl sites for hydroxylation is 2. The van der Waals surface area contributed by atoms with Crippen LogP contribution in [0.1, 0.15) is 51.2 Å². The molecule has 0 aliphatic heterocycles. The molecular formula is C32H44F6N12O9. The number of nitrogens with zero attached hydrogens (tertiary/aromatic N) is 8. The molecule has 0 aromatic carbocycles. The summed E-state index contributed by atoms with van der Waals surface area (Å²) in [6.45, 7) is -0.353. The molecule has 8 N–H and O–H groups in total. The molecule has 0 spiro atoms. The summed E-state index contributed by atoms with van der Waals surface area (Å²) in [7, 11) is 0. The first-order valence-corrected chi connectivity index (χ1v) is 17.3. The number of aromatic nitrogens is 4.